The van der Waals surface area contributed by atoms with Crippen LogP contribution in [-0.4, -0.2) is 36.4 Å². The number of rotatable bonds is 4. The topological polar surface area (TPSA) is 92.7 Å². The van der Waals surface area contributed by atoms with Crippen LogP contribution in [0.1, 0.15) is 17.7 Å². The number of carbonyl (C=O) groups excluding carboxylic acids is 1. The van der Waals surface area contributed by atoms with Crippen LogP contribution >= 0.6 is 0 Å². The van der Waals surface area contributed by atoms with Gasteiger partial charge >= 0.3 is 6.03 Å². The summed E-state index contributed by atoms with van der Waals surface area (Å²) >= 11 is 0. The molecule has 1 aromatic heterocycles. The number of amides is 2. The normalized spacial score (nSPS) is 18.7. The fourth-order valence-corrected chi connectivity index (χ4v) is 2.95. The molecular formula is C18H21N3O4. The summed E-state index contributed by atoms with van der Waals surface area (Å²) in [7, 11) is 1.51. The Morgan fingerprint density at radius 2 is 2.16 bits per heavy atom. The third-order valence-electron chi connectivity index (χ3n) is 4.26. The van der Waals surface area contributed by atoms with Gasteiger partial charge in [0.1, 0.15) is 5.75 Å². The maximum absolute atomic E-state index is 12.6. The molecule has 0 fully saturated rings. The Bertz CT molecular complexity index is 781. The minimum absolute atomic E-state index is 0.237. The molecule has 0 aliphatic carbocycles. The van der Waals surface area contributed by atoms with Crippen LogP contribution < -0.4 is 20.1 Å². The second-order valence-corrected chi connectivity index (χ2v) is 5.92. The minimum atomic E-state index is -0.907. The third kappa shape index (κ3) is 3.36. The first kappa shape index (κ1) is 17.0. The highest BCUT2D eigenvalue weighted by Gasteiger charge is 2.38. The summed E-state index contributed by atoms with van der Waals surface area (Å²) in [5.41, 5.74) is 0.600. The van der Waals surface area contributed by atoms with E-state index in [1.54, 1.807) is 12.1 Å². The molecule has 1 aromatic carbocycles. The second kappa shape index (κ2) is 6.98. The number of urea groups is 1. The molecule has 2 heterocycles. The van der Waals surface area contributed by atoms with E-state index in [-0.39, 0.29) is 6.61 Å². The summed E-state index contributed by atoms with van der Waals surface area (Å²) in [4.78, 5) is 16.9. The van der Waals surface area contributed by atoms with Crippen LogP contribution in [0.25, 0.3) is 0 Å². The first-order valence-electron chi connectivity index (χ1n) is 8.02. The summed E-state index contributed by atoms with van der Waals surface area (Å²) in [6.07, 6.45) is 0.465. The monoisotopic (exact) mass is 343 g/mol. The van der Waals surface area contributed by atoms with E-state index in [0.717, 1.165) is 11.3 Å². The number of hydrogen-bond donors (Lipinski definition) is 3. The number of nitrogens with one attached hydrogen (secondary N) is 2. The largest absolute Gasteiger partial charge is 0.493 e. The number of ether oxygens (including phenoxy) is 2. The van der Waals surface area contributed by atoms with Crippen LogP contribution in [0.15, 0.2) is 36.4 Å². The van der Waals surface area contributed by atoms with Gasteiger partial charge in [0.15, 0.2) is 11.6 Å². The van der Waals surface area contributed by atoms with E-state index in [2.05, 4.69) is 15.6 Å². The molecule has 1 aliphatic rings. The fraction of sp³-hybridized carbons (Fsp3) is 0.333. The average molecular weight is 343 g/mol. The molecule has 0 saturated carbocycles. The van der Waals surface area contributed by atoms with Crippen molar-refractivity contribution >= 4 is 11.8 Å². The van der Waals surface area contributed by atoms with Crippen LogP contribution in [0.3, 0.4) is 0 Å². The predicted octanol–water partition coefficient (Wildman–Crippen LogP) is 2.19. The Labute approximate surface area is 146 Å². The van der Waals surface area contributed by atoms with E-state index in [1.165, 1.54) is 7.11 Å². The molecule has 2 aromatic rings. The van der Waals surface area contributed by atoms with E-state index in [1.807, 2.05) is 31.2 Å². The quantitative estimate of drug-likeness (QED) is 0.791. The van der Waals surface area contributed by atoms with Crippen LogP contribution in [0.5, 0.6) is 11.5 Å². The van der Waals surface area contributed by atoms with Crippen LogP contribution in [0.2, 0.25) is 0 Å². The number of aromatic nitrogens is 1. The van der Waals surface area contributed by atoms with Crippen molar-refractivity contribution in [3.63, 3.8) is 0 Å². The van der Waals surface area contributed by atoms with Crippen molar-refractivity contribution in [2.45, 2.75) is 18.9 Å². The van der Waals surface area contributed by atoms with Gasteiger partial charge in [-0.3, -0.25) is 5.32 Å². The van der Waals surface area contributed by atoms with Gasteiger partial charge in [-0.05, 0) is 25.1 Å². The first-order valence-corrected chi connectivity index (χ1v) is 8.02. The van der Waals surface area contributed by atoms with Gasteiger partial charge in [0.2, 0.25) is 0 Å². The lowest BCUT2D eigenvalue weighted by molar-refractivity contribution is 0.115. The molecule has 1 atom stereocenters. The number of aryl methyl sites for hydroxylation is 1. The van der Waals surface area contributed by atoms with Crippen molar-refractivity contribution in [3.05, 3.63) is 47.7 Å². The molecule has 25 heavy (non-hydrogen) atoms. The van der Waals surface area contributed by atoms with Crippen molar-refractivity contribution in [1.29, 1.82) is 0 Å². The van der Waals surface area contributed by atoms with E-state index in [4.69, 9.17) is 9.47 Å². The standard InChI is InChI=1S/C18H21N3O4/c1-12-7-8-15(24-2)16(19-12)20-17(23)21-18(11-22)9-10-25-14-6-4-3-5-13(14)18/h3-8,22H,9-11H2,1-2H3,(H2,19,20,21,23). The van der Waals surface area contributed by atoms with Crippen LogP contribution in [0, 0.1) is 6.92 Å². The Morgan fingerprint density at radius 3 is 2.92 bits per heavy atom. The smallest absolute Gasteiger partial charge is 0.321 e. The summed E-state index contributed by atoms with van der Waals surface area (Å²) in [5, 5.41) is 15.6. The SMILES string of the molecule is COc1ccc(C)nc1NC(=O)NC1(CO)CCOc2ccccc21. The Balaban J connectivity index is 1.84. The van der Waals surface area contributed by atoms with E-state index < -0.39 is 11.6 Å². The number of pyridine rings is 1. The number of anilines is 1. The van der Waals surface area contributed by atoms with Gasteiger partial charge in [-0.1, -0.05) is 18.2 Å². The molecule has 1 aliphatic heterocycles. The number of methoxy groups -OCH3 is 1. The number of nitrogens with zero attached hydrogens (tertiary/aromatic N) is 1. The van der Waals surface area contributed by atoms with Crippen molar-refractivity contribution < 1.29 is 19.4 Å². The zero-order valence-corrected chi connectivity index (χ0v) is 14.2. The molecule has 0 saturated heterocycles. The van der Waals surface area contributed by atoms with Crippen LogP contribution in [-0.2, 0) is 5.54 Å². The fourth-order valence-electron chi connectivity index (χ4n) is 2.95. The number of fused-ring (bicyclic) bond motifs is 1. The van der Waals surface area contributed by atoms with Crippen molar-refractivity contribution in [1.82, 2.24) is 10.3 Å². The van der Waals surface area contributed by atoms with Crippen molar-refractivity contribution in [2.24, 2.45) is 0 Å². The van der Waals surface area contributed by atoms with Gasteiger partial charge in [-0.15, -0.1) is 0 Å². The zero-order chi connectivity index (χ0) is 17.9. The molecule has 3 N–H and O–H groups in total. The lowest BCUT2D eigenvalue weighted by Gasteiger charge is -2.38. The molecule has 0 bridgehead atoms. The van der Waals surface area contributed by atoms with Gasteiger partial charge in [-0.2, -0.15) is 0 Å². The van der Waals surface area contributed by atoms with Gasteiger partial charge < -0.3 is 19.9 Å². The summed E-state index contributed by atoms with van der Waals surface area (Å²) in [6, 6.07) is 10.4. The minimum Gasteiger partial charge on any atom is -0.493 e. The third-order valence-corrected chi connectivity index (χ3v) is 4.26. The number of hydrogen-bond acceptors (Lipinski definition) is 5. The number of para-hydroxylation sites is 1. The zero-order valence-electron chi connectivity index (χ0n) is 14.2. The van der Waals surface area contributed by atoms with Crippen LogP contribution in [0.4, 0.5) is 10.6 Å². The van der Waals surface area contributed by atoms with E-state index in [0.29, 0.717) is 30.3 Å². The van der Waals surface area contributed by atoms with Crippen molar-refractivity contribution in [3.8, 4) is 11.5 Å². The summed E-state index contributed by atoms with van der Waals surface area (Å²) in [6.45, 7) is 2.00. The highest BCUT2D eigenvalue weighted by molar-refractivity contribution is 5.90. The molecule has 0 spiro atoms. The molecule has 3 rings (SSSR count). The lowest BCUT2D eigenvalue weighted by Crippen LogP contribution is -2.52. The highest BCUT2D eigenvalue weighted by Crippen LogP contribution is 2.36. The number of aliphatic hydroxyl groups is 1. The maximum Gasteiger partial charge on any atom is 0.321 e. The maximum atomic E-state index is 12.6. The van der Waals surface area contributed by atoms with E-state index >= 15 is 0 Å². The summed E-state index contributed by atoms with van der Waals surface area (Å²) in [5.74, 6) is 1.45. The molecule has 132 valence electrons. The molecule has 0 radical (unpaired) electrons. The highest BCUT2D eigenvalue weighted by atomic mass is 16.5. The second-order valence-electron chi connectivity index (χ2n) is 5.92. The van der Waals surface area contributed by atoms with E-state index in [9.17, 15) is 9.90 Å². The Hall–Kier alpha value is -2.80. The lowest BCUT2D eigenvalue weighted by atomic mass is 9.85. The molecule has 2 amide bonds. The first-order chi connectivity index (χ1) is 12.1. The van der Waals surface area contributed by atoms with Gasteiger partial charge in [0.05, 0.1) is 25.9 Å². The molecular weight excluding hydrogens is 322 g/mol. The number of carbonyl (C=O) groups is 1. The number of aliphatic hydroxyl groups excluding tert-OH is 1. The summed E-state index contributed by atoms with van der Waals surface area (Å²) < 4.78 is 10.8. The Kier molecular flexibility index (Phi) is 4.76. The molecule has 1 unspecified atom stereocenters. The van der Waals surface area contributed by atoms with Gasteiger partial charge in [0, 0.05) is 17.7 Å². The molecule has 7 nitrogen and oxygen atoms in total. The van der Waals surface area contributed by atoms with Gasteiger partial charge in [-0.25, -0.2) is 9.78 Å². The Morgan fingerprint density at radius 1 is 1.36 bits per heavy atom. The average Bonchev–Trinajstić information content (AvgIpc) is 2.62. The number of benzene rings is 1. The predicted molar refractivity (Wildman–Crippen MR) is 93.0 cm³/mol. The van der Waals surface area contributed by atoms with Crippen molar-refractivity contribution in [2.75, 3.05) is 25.6 Å². The van der Waals surface area contributed by atoms with Gasteiger partial charge in [0.25, 0.3) is 0 Å². The molecule has 7 heteroatoms.